The summed E-state index contributed by atoms with van der Waals surface area (Å²) in [6.45, 7) is 5.60. The standard InChI is InChI=1S/C13H17N3O/c1-3-13(17)12-4-6-15(10-12)8-9-16-7-5-14-11(16)2/h4-7,10H,3,8-9H2,1-2H3. The molecule has 0 aliphatic rings. The van der Waals surface area contributed by atoms with Gasteiger partial charge in [-0.25, -0.2) is 4.98 Å². The van der Waals surface area contributed by atoms with Gasteiger partial charge in [0.15, 0.2) is 5.78 Å². The molecule has 0 radical (unpaired) electrons. The lowest BCUT2D eigenvalue weighted by Crippen LogP contribution is -2.06. The smallest absolute Gasteiger partial charge is 0.164 e. The van der Waals surface area contributed by atoms with Crippen LogP contribution in [-0.2, 0) is 13.1 Å². The maximum atomic E-state index is 11.5. The van der Waals surface area contributed by atoms with Gasteiger partial charge in [-0.2, -0.15) is 0 Å². The van der Waals surface area contributed by atoms with Gasteiger partial charge in [0, 0.05) is 49.9 Å². The van der Waals surface area contributed by atoms with E-state index in [-0.39, 0.29) is 5.78 Å². The molecule has 4 heteroatoms. The second-order valence-corrected chi connectivity index (χ2v) is 4.08. The molecule has 90 valence electrons. The Hall–Kier alpha value is -1.84. The Kier molecular flexibility index (Phi) is 3.42. The molecule has 4 nitrogen and oxygen atoms in total. The third-order valence-corrected chi connectivity index (χ3v) is 2.92. The van der Waals surface area contributed by atoms with Gasteiger partial charge in [-0.3, -0.25) is 4.79 Å². The summed E-state index contributed by atoms with van der Waals surface area (Å²) in [6.07, 6.45) is 8.20. The van der Waals surface area contributed by atoms with Crippen molar-refractivity contribution in [1.82, 2.24) is 14.1 Å². The third-order valence-electron chi connectivity index (χ3n) is 2.92. The average Bonchev–Trinajstić information content (AvgIpc) is 2.94. The topological polar surface area (TPSA) is 39.8 Å². The maximum absolute atomic E-state index is 11.5. The van der Waals surface area contributed by atoms with Gasteiger partial charge in [0.2, 0.25) is 0 Å². The summed E-state index contributed by atoms with van der Waals surface area (Å²) in [4.78, 5) is 15.7. The fraction of sp³-hybridized carbons (Fsp3) is 0.385. The SMILES string of the molecule is CCC(=O)c1ccn(CCn2ccnc2C)c1. The van der Waals surface area contributed by atoms with Crippen molar-refractivity contribution in [3.05, 3.63) is 42.2 Å². The average molecular weight is 231 g/mol. The molecular formula is C13H17N3O. The van der Waals surface area contributed by atoms with E-state index in [9.17, 15) is 4.79 Å². The minimum absolute atomic E-state index is 0.197. The van der Waals surface area contributed by atoms with E-state index in [2.05, 4.69) is 9.55 Å². The highest BCUT2D eigenvalue weighted by Crippen LogP contribution is 2.05. The van der Waals surface area contributed by atoms with E-state index in [0.717, 1.165) is 24.5 Å². The van der Waals surface area contributed by atoms with Crippen molar-refractivity contribution < 1.29 is 4.79 Å². The molecule has 2 rings (SSSR count). The van der Waals surface area contributed by atoms with Gasteiger partial charge in [0.1, 0.15) is 5.82 Å². The van der Waals surface area contributed by atoms with Gasteiger partial charge in [-0.1, -0.05) is 6.92 Å². The number of nitrogens with zero attached hydrogens (tertiary/aromatic N) is 3. The van der Waals surface area contributed by atoms with Gasteiger partial charge in [0.05, 0.1) is 0 Å². The number of aromatic nitrogens is 3. The van der Waals surface area contributed by atoms with Crippen LogP contribution >= 0.6 is 0 Å². The van der Waals surface area contributed by atoms with Gasteiger partial charge in [-0.05, 0) is 13.0 Å². The molecule has 0 aliphatic carbocycles. The molecule has 0 unspecified atom stereocenters. The summed E-state index contributed by atoms with van der Waals surface area (Å²) < 4.78 is 4.14. The van der Waals surface area contributed by atoms with Crippen LogP contribution in [0.5, 0.6) is 0 Å². The Bertz CT molecular complexity index is 510. The minimum atomic E-state index is 0.197. The van der Waals surface area contributed by atoms with E-state index in [1.807, 2.05) is 43.1 Å². The second kappa shape index (κ2) is 4.99. The van der Waals surface area contributed by atoms with Crippen molar-refractivity contribution in [3.8, 4) is 0 Å². The molecule has 0 atom stereocenters. The number of hydrogen-bond acceptors (Lipinski definition) is 2. The molecular weight excluding hydrogens is 214 g/mol. The Morgan fingerprint density at radius 2 is 2.18 bits per heavy atom. The van der Waals surface area contributed by atoms with Gasteiger partial charge >= 0.3 is 0 Å². The lowest BCUT2D eigenvalue weighted by atomic mass is 10.2. The van der Waals surface area contributed by atoms with Crippen molar-refractivity contribution in [3.63, 3.8) is 0 Å². The zero-order valence-corrected chi connectivity index (χ0v) is 10.3. The quantitative estimate of drug-likeness (QED) is 0.741. The van der Waals surface area contributed by atoms with Crippen LogP contribution in [0.4, 0.5) is 0 Å². The molecule has 0 N–H and O–H groups in total. The van der Waals surface area contributed by atoms with Crippen LogP contribution in [0.1, 0.15) is 29.5 Å². The fourth-order valence-electron chi connectivity index (χ4n) is 1.81. The number of ketones is 1. The monoisotopic (exact) mass is 231 g/mol. The fourth-order valence-corrected chi connectivity index (χ4v) is 1.81. The molecule has 2 aromatic rings. The van der Waals surface area contributed by atoms with Crippen molar-refractivity contribution >= 4 is 5.78 Å². The molecule has 17 heavy (non-hydrogen) atoms. The first-order valence-corrected chi connectivity index (χ1v) is 5.87. The van der Waals surface area contributed by atoms with E-state index in [4.69, 9.17) is 0 Å². The molecule has 0 spiro atoms. The van der Waals surface area contributed by atoms with Gasteiger partial charge in [-0.15, -0.1) is 0 Å². The van der Waals surface area contributed by atoms with Crippen LogP contribution in [0.3, 0.4) is 0 Å². The molecule has 0 aliphatic heterocycles. The first kappa shape index (κ1) is 11.6. The predicted molar refractivity (Wildman–Crippen MR) is 66.0 cm³/mol. The largest absolute Gasteiger partial charge is 0.352 e. The van der Waals surface area contributed by atoms with Crippen LogP contribution in [0.2, 0.25) is 0 Å². The number of hydrogen-bond donors (Lipinski definition) is 0. The summed E-state index contributed by atoms with van der Waals surface area (Å²) in [6, 6.07) is 1.88. The zero-order valence-electron chi connectivity index (χ0n) is 10.3. The van der Waals surface area contributed by atoms with Crippen molar-refractivity contribution in [2.45, 2.75) is 33.4 Å². The second-order valence-electron chi connectivity index (χ2n) is 4.08. The lowest BCUT2D eigenvalue weighted by Gasteiger charge is -2.05. The summed E-state index contributed by atoms with van der Waals surface area (Å²) in [7, 11) is 0. The van der Waals surface area contributed by atoms with E-state index in [1.165, 1.54) is 0 Å². The van der Waals surface area contributed by atoms with Crippen LogP contribution in [0.15, 0.2) is 30.9 Å². The number of aryl methyl sites for hydroxylation is 3. The molecule has 0 saturated heterocycles. The number of Topliss-reactive ketones (excluding diaryl/α,β-unsaturated/α-hetero) is 1. The lowest BCUT2D eigenvalue weighted by molar-refractivity contribution is 0.0988. The number of carbonyl (C=O) groups is 1. The maximum Gasteiger partial charge on any atom is 0.164 e. The van der Waals surface area contributed by atoms with Crippen molar-refractivity contribution in [2.24, 2.45) is 0 Å². The number of rotatable bonds is 5. The highest BCUT2D eigenvalue weighted by molar-refractivity contribution is 5.95. The molecule has 0 amide bonds. The normalized spacial score (nSPS) is 10.7. The van der Waals surface area contributed by atoms with Crippen LogP contribution in [0.25, 0.3) is 0 Å². The Morgan fingerprint density at radius 3 is 2.82 bits per heavy atom. The third kappa shape index (κ3) is 2.64. The van der Waals surface area contributed by atoms with Crippen LogP contribution in [-0.4, -0.2) is 19.9 Å². The van der Waals surface area contributed by atoms with Crippen LogP contribution < -0.4 is 0 Å². The Labute approximate surface area is 101 Å². The molecule has 2 heterocycles. The minimum Gasteiger partial charge on any atom is -0.352 e. The van der Waals surface area contributed by atoms with E-state index in [1.54, 1.807) is 6.20 Å². The van der Waals surface area contributed by atoms with Crippen LogP contribution in [0, 0.1) is 6.92 Å². The van der Waals surface area contributed by atoms with Crippen molar-refractivity contribution in [1.29, 1.82) is 0 Å². The molecule has 0 bridgehead atoms. The summed E-state index contributed by atoms with van der Waals surface area (Å²) in [5, 5.41) is 0. The molecule has 2 aromatic heterocycles. The molecule has 0 fully saturated rings. The molecule has 0 aromatic carbocycles. The van der Waals surface area contributed by atoms with E-state index in [0.29, 0.717) is 6.42 Å². The summed E-state index contributed by atoms with van der Waals surface area (Å²) in [5.74, 6) is 1.21. The van der Waals surface area contributed by atoms with E-state index < -0.39 is 0 Å². The van der Waals surface area contributed by atoms with Gasteiger partial charge in [0.25, 0.3) is 0 Å². The molecule has 0 saturated carbocycles. The number of carbonyl (C=O) groups excluding carboxylic acids is 1. The number of imidazole rings is 1. The highest BCUT2D eigenvalue weighted by Gasteiger charge is 2.04. The predicted octanol–water partition coefficient (Wildman–Crippen LogP) is 2.29. The zero-order chi connectivity index (χ0) is 12.3. The van der Waals surface area contributed by atoms with Gasteiger partial charge < -0.3 is 9.13 Å². The first-order chi connectivity index (χ1) is 8.20. The van der Waals surface area contributed by atoms with Crippen molar-refractivity contribution in [2.75, 3.05) is 0 Å². The Balaban J connectivity index is 1.98. The Morgan fingerprint density at radius 1 is 1.35 bits per heavy atom. The highest BCUT2D eigenvalue weighted by atomic mass is 16.1. The summed E-state index contributed by atoms with van der Waals surface area (Å²) in [5.41, 5.74) is 0.801. The summed E-state index contributed by atoms with van der Waals surface area (Å²) >= 11 is 0. The first-order valence-electron chi connectivity index (χ1n) is 5.87. The van der Waals surface area contributed by atoms with E-state index >= 15 is 0 Å².